The third-order valence-electron chi connectivity index (χ3n) is 4.99. The van der Waals surface area contributed by atoms with Crippen LogP contribution in [-0.2, 0) is 14.4 Å². The number of rotatable bonds is 10. The standard InChI is InChI=1S/C23H21N3O7S3/c27-21(31-15-32-24-26(29)25-11-3-4-12-25)14-30-19-6-2-1-5-18(19)23(28)33-17-9-7-16(8-10-17)20-13-22(34)36-35-20/h1-2,5-10,13H,3-4,11-12,14-15H2/b26-24-. The van der Waals surface area contributed by atoms with Crippen LogP contribution in [0.4, 0.5) is 0 Å². The fraction of sp³-hybridized carbons (Fsp3) is 0.261. The molecule has 2 heterocycles. The van der Waals surface area contributed by atoms with E-state index in [4.69, 9.17) is 31.3 Å². The Bertz CT molecular complexity index is 1280. The number of para-hydroxylation sites is 1. The zero-order valence-electron chi connectivity index (χ0n) is 18.9. The van der Waals surface area contributed by atoms with Gasteiger partial charge in [-0.3, -0.25) is 0 Å². The zero-order chi connectivity index (χ0) is 25.3. The van der Waals surface area contributed by atoms with Crippen molar-refractivity contribution in [3.8, 4) is 21.9 Å². The number of esters is 2. The monoisotopic (exact) mass is 547 g/mol. The van der Waals surface area contributed by atoms with Gasteiger partial charge in [-0.1, -0.05) is 45.0 Å². The summed E-state index contributed by atoms with van der Waals surface area (Å²) in [6.07, 6.45) is 1.82. The van der Waals surface area contributed by atoms with Crippen molar-refractivity contribution >= 4 is 44.8 Å². The molecule has 1 aromatic heterocycles. The summed E-state index contributed by atoms with van der Waals surface area (Å²) < 4.78 is 16.6. The topological polar surface area (TPSA) is 113 Å². The van der Waals surface area contributed by atoms with Gasteiger partial charge in [-0.25, -0.2) is 9.59 Å². The van der Waals surface area contributed by atoms with E-state index in [-0.39, 0.29) is 11.3 Å². The molecule has 0 aliphatic carbocycles. The summed E-state index contributed by atoms with van der Waals surface area (Å²) in [6.45, 7) is 0.169. The summed E-state index contributed by atoms with van der Waals surface area (Å²) in [6, 6.07) is 15.4. The van der Waals surface area contributed by atoms with E-state index in [1.165, 1.54) is 27.5 Å². The highest BCUT2D eigenvalue weighted by Crippen LogP contribution is 2.31. The minimum absolute atomic E-state index is 0.143. The van der Waals surface area contributed by atoms with E-state index in [0.29, 0.717) is 23.8 Å². The van der Waals surface area contributed by atoms with Gasteiger partial charge in [0.15, 0.2) is 6.61 Å². The van der Waals surface area contributed by atoms with E-state index in [2.05, 4.69) is 5.28 Å². The number of hydrogen-bond acceptors (Lipinski definition) is 11. The van der Waals surface area contributed by atoms with Crippen molar-refractivity contribution in [2.75, 3.05) is 26.5 Å². The molecule has 3 aromatic rings. The van der Waals surface area contributed by atoms with Crippen LogP contribution in [0, 0.1) is 9.03 Å². The third-order valence-corrected chi connectivity index (χ3v) is 7.90. The van der Waals surface area contributed by atoms with Crippen molar-refractivity contribution in [3.05, 3.63) is 69.2 Å². The molecule has 0 bridgehead atoms. The molecule has 2 aromatic carbocycles. The molecule has 0 saturated carbocycles. The van der Waals surface area contributed by atoms with E-state index < -0.39 is 25.3 Å². The molecule has 13 heteroatoms. The number of ether oxygens (including phenoxy) is 3. The van der Waals surface area contributed by atoms with Gasteiger partial charge in [0.1, 0.15) is 20.9 Å². The molecule has 36 heavy (non-hydrogen) atoms. The summed E-state index contributed by atoms with van der Waals surface area (Å²) in [5.41, 5.74) is 1.12. The number of hydrazine groups is 1. The predicted octanol–water partition coefficient (Wildman–Crippen LogP) is 5.21. The molecule has 1 aliphatic rings. The maximum absolute atomic E-state index is 12.7. The summed E-state index contributed by atoms with van der Waals surface area (Å²) in [4.78, 5) is 30.8. The van der Waals surface area contributed by atoms with Crippen LogP contribution in [0.5, 0.6) is 11.5 Å². The second kappa shape index (κ2) is 12.4. The smallest absolute Gasteiger partial charge is 0.347 e. The van der Waals surface area contributed by atoms with E-state index in [1.807, 2.05) is 18.2 Å². The van der Waals surface area contributed by atoms with Crippen molar-refractivity contribution in [2.24, 2.45) is 5.28 Å². The largest absolute Gasteiger partial charge is 0.569 e. The van der Waals surface area contributed by atoms with Gasteiger partial charge in [-0.05, 0) is 60.9 Å². The van der Waals surface area contributed by atoms with E-state index in [9.17, 15) is 14.8 Å². The molecule has 1 fully saturated rings. The van der Waals surface area contributed by atoms with Crippen LogP contribution in [0.3, 0.4) is 0 Å². The number of carbonyl (C=O) groups is 2. The van der Waals surface area contributed by atoms with Gasteiger partial charge in [0.25, 0.3) is 6.79 Å². The van der Waals surface area contributed by atoms with Crippen molar-refractivity contribution in [2.45, 2.75) is 12.8 Å². The number of nitrogens with zero attached hydrogens (tertiary/aromatic N) is 3. The van der Waals surface area contributed by atoms with Crippen molar-refractivity contribution in [1.82, 2.24) is 5.01 Å². The van der Waals surface area contributed by atoms with E-state index in [1.54, 1.807) is 34.6 Å². The van der Waals surface area contributed by atoms with Gasteiger partial charge in [-0.2, -0.15) is 0 Å². The molecule has 0 unspecified atom stereocenters. The van der Waals surface area contributed by atoms with Gasteiger partial charge in [0.2, 0.25) is 5.28 Å². The molecule has 10 nitrogen and oxygen atoms in total. The fourth-order valence-corrected chi connectivity index (χ4v) is 5.65. The van der Waals surface area contributed by atoms with E-state index >= 15 is 0 Å². The number of benzene rings is 2. The lowest BCUT2D eigenvalue weighted by atomic mass is 10.2. The lowest BCUT2D eigenvalue weighted by Gasteiger charge is -2.11. The second-order valence-corrected chi connectivity index (χ2v) is 10.4. The molecule has 0 N–H and O–H groups in total. The minimum atomic E-state index is -0.765. The Morgan fingerprint density at radius 3 is 2.56 bits per heavy atom. The Morgan fingerprint density at radius 1 is 1.08 bits per heavy atom. The van der Waals surface area contributed by atoms with Gasteiger partial charge >= 0.3 is 11.9 Å². The zero-order valence-corrected chi connectivity index (χ0v) is 21.3. The molecule has 0 atom stereocenters. The first-order valence-electron chi connectivity index (χ1n) is 10.8. The lowest BCUT2D eigenvalue weighted by molar-refractivity contribution is -0.708. The predicted molar refractivity (Wildman–Crippen MR) is 134 cm³/mol. The quantitative estimate of drug-likeness (QED) is 0.0388. The van der Waals surface area contributed by atoms with Crippen molar-refractivity contribution in [1.29, 1.82) is 0 Å². The van der Waals surface area contributed by atoms with Gasteiger partial charge in [0.05, 0.1) is 18.1 Å². The minimum Gasteiger partial charge on any atom is -0.569 e. The summed E-state index contributed by atoms with van der Waals surface area (Å²) in [7, 11) is 3.11. The molecule has 0 radical (unpaired) electrons. The molecule has 188 valence electrons. The molecule has 4 rings (SSSR count). The lowest BCUT2D eigenvalue weighted by Crippen LogP contribution is -2.27. The van der Waals surface area contributed by atoms with Crippen LogP contribution in [-0.4, -0.2) is 48.4 Å². The summed E-state index contributed by atoms with van der Waals surface area (Å²) >= 11 is 5.17. The molecule has 1 aliphatic heterocycles. The Kier molecular flexibility index (Phi) is 8.81. The molecule has 0 amide bonds. The Balaban J connectivity index is 1.27. The first-order chi connectivity index (χ1) is 17.5. The number of hydrogen-bond donors (Lipinski definition) is 0. The van der Waals surface area contributed by atoms with Crippen LogP contribution in [0.25, 0.3) is 10.4 Å². The molecular formula is C23H21N3O7S3. The maximum Gasteiger partial charge on any atom is 0.347 e. The van der Waals surface area contributed by atoms with Gasteiger partial charge in [0, 0.05) is 4.88 Å². The average Bonchev–Trinajstić information content (AvgIpc) is 3.58. The van der Waals surface area contributed by atoms with Crippen molar-refractivity contribution in [3.63, 3.8) is 0 Å². The Hall–Kier alpha value is -3.55. The molecular weight excluding hydrogens is 526 g/mol. The normalized spacial score (nSPS) is 13.3. The van der Waals surface area contributed by atoms with Crippen molar-refractivity contribution < 1.29 is 33.6 Å². The highest BCUT2D eigenvalue weighted by atomic mass is 32.9. The fourth-order valence-electron chi connectivity index (χ4n) is 3.25. The summed E-state index contributed by atoms with van der Waals surface area (Å²) in [5.74, 6) is -0.893. The summed E-state index contributed by atoms with van der Waals surface area (Å²) in [5, 5.41) is 16.4. The Morgan fingerprint density at radius 2 is 1.83 bits per heavy atom. The van der Waals surface area contributed by atoms with E-state index in [0.717, 1.165) is 27.1 Å². The van der Waals surface area contributed by atoms with Crippen LogP contribution < -0.4 is 9.47 Å². The van der Waals surface area contributed by atoms with Crippen LogP contribution in [0.1, 0.15) is 23.2 Å². The van der Waals surface area contributed by atoms with Crippen LogP contribution in [0.15, 0.2) is 59.9 Å². The first kappa shape index (κ1) is 25.5. The second-order valence-electron chi connectivity index (χ2n) is 7.45. The maximum atomic E-state index is 12.7. The first-order valence-corrected chi connectivity index (χ1v) is 13.4. The van der Waals surface area contributed by atoms with Gasteiger partial charge < -0.3 is 24.3 Å². The number of carbonyl (C=O) groups excluding carboxylic acids is 2. The average molecular weight is 548 g/mol. The molecule has 0 spiro atoms. The Labute approximate surface area is 218 Å². The SMILES string of the molecule is O=C(COc1ccccc1C(=O)Oc1ccc(-c2cc(=S)ss2)cc1)OCO/N=[N+](\[O-])N1CCCC1. The van der Waals surface area contributed by atoms with Gasteiger partial charge in [-0.15, -0.1) is 5.01 Å². The third kappa shape index (κ3) is 6.99. The highest BCUT2D eigenvalue weighted by molar-refractivity contribution is 7.80. The van der Waals surface area contributed by atoms with Crippen LogP contribution >= 0.6 is 32.9 Å². The van der Waals surface area contributed by atoms with Crippen LogP contribution in [0.2, 0.25) is 0 Å². The highest BCUT2D eigenvalue weighted by Gasteiger charge is 2.19. The molecule has 1 saturated heterocycles.